The van der Waals surface area contributed by atoms with Gasteiger partial charge in [0.25, 0.3) is 11.7 Å². The molecule has 2 amide bonds. The van der Waals surface area contributed by atoms with E-state index in [9.17, 15) is 75.3 Å². The molecule has 66 heavy (non-hydrogen) atoms. The van der Waals surface area contributed by atoms with Crippen LogP contribution in [0.2, 0.25) is 0 Å². The van der Waals surface area contributed by atoms with Crippen LogP contribution >= 0.6 is 0 Å². The molecule has 25 nitrogen and oxygen atoms in total. The molecule has 0 spiro atoms. The number of aliphatic hydroxyl groups excluding tert-OH is 8. The van der Waals surface area contributed by atoms with Crippen LogP contribution in [-0.2, 0) is 52.3 Å². The molecule has 3 heterocycles. The standard InChI is InChI=1S/C41H64N2O23/c1-19(47)42-28-23(50)15-41(40(57)58,65-34(28)30(53)24(51)16-44)66-36-31(54)25(17-45)62-39(32(36)55)64-33-26(18-46)63-38(61-13-9-7-5-4-6-8-10-27(52)59-2)29(35(33)60-3)43-37(56)21-12-11-20(48)14-22(21)49/h11-12,14,23-26,28-36,38-39,44-46,48-51,53-55H,4-10,13,15-18H2,1-3H3,(H,42,47)(H,43,56)(H,57,58)/t23?,24?,25?,26?,28-,29?,30?,31-,32?,33+,34?,35?,36?,38-,39?,41+/m1/s1. The lowest BCUT2D eigenvalue weighted by atomic mass is 9.88. The van der Waals surface area contributed by atoms with E-state index in [0.29, 0.717) is 25.7 Å². The predicted molar refractivity (Wildman–Crippen MR) is 218 cm³/mol. The van der Waals surface area contributed by atoms with Gasteiger partial charge >= 0.3 is 11.9 Å². The van der Waals surface area contributed by atoms with Crippen molar-refractivity contribution in [2.24, 2.45) is 0 Å². The molecule has 0 saturated carbocycles. The van der Waals surface area contributed by atoms with Gasteiger partial charge < -0.3 is 105 Å². The molecule has 0 radical (unpaired) electrons. The van der Waals surface area contributed by atoms with Crippen LogP contribution in [-0.4, -0.2) is 218 Å². The zero-order valence-electron chi connectivity index (χ0n) is 36.7. The third kappa shape index (κ3) is 13.6. The van der Waals surface area contributed by atoms with Crippen molar-refractivity contribution in [3.63, 3.8) is 0 Å². The fourth-order valence-corrected chi connectivity index (χ4v) is 8.04. The zero-order chi connectivity index (χ0) is 48.9. The van der Waals surface area contributed by atoms with Gasteiger partial charge in [-0.1, -0.05) is 25.7 Å². The zero-order valence-corrected chi connectivity index (χ0v) is 36.7. The highest BCUT2D eigenvalue weighted by Gasteiger charge is 2.60. The van der Waals surface area contributed by atoms with Gasteiger partial charge in [0.05, 0.1) is 44.6 Å². The maximum atomic E-state index is 13.7. The summed E-state index contributed by atoms with van der Waals surface area (Å²) in [7, 11) is 2.53. The number of phenols is 2. The molecular formula is C41H64N2O23. The van der Waals surface area contributed by atoms with Gasteiger partial charge in [-0.15, -0.1) is 0 Å². The number of aromatic hydroxyl groups is 2. The van der Waals surface area contributed by atoms with Crippen molar-refractivity contribution >= 4 is 23.8 Å². The molecule has 0 aromatic heterocycles. The monoisotopic (exact) mass is 952 g/mol. The van der Waals surface area contributed by atoms with Crippen molar-refractivity contribution in [1.29, 1.82) is 0 Å². The van der Waals surface area contributed by atoms with Gasteiger partial charge in [-0.3, -0.25) is 14.4 Å². The summed E-state index contributed by atoms with van der Waals surface area (Å²) in [6.45, 7) is -1.76. The third-order valence-corrected chi connectivity index (χ3v) is 11.5. The number of ether oxygens (including phenoxy) is 8. The minimum Gasteiger partial charge on any atom is -0.508 e. The van der Waals surface area contributed by atoms with E-state index in [2.05, 4.69) is 15.4 Å². The maximum Gasteiger partial charge on any atom is 0.364 e. The Morgan fingerprint density at radius 1 is 0.833 bits per heavy atom. The number of hydrogen-bond donors (Lipinski definition) is 13. The number of aliphatic carboxylic acids is 1. The first-order valence-corrected chi connectivity index (χ1v) is 21.5. The van der Waals surface area contributed by atoms with E-state index in [1.54, 1.807) is 0 Å². The number of phenolic OH excluding ortho intramolecular Hbond substituents is 2. The lowest BCUT2D eigenvalue weighted by Gasteiger charge is -2.51. The average Bonchev–Trinajstić information content (AvgIpc) is 3.28. The van der Waals surface area contributed by atoms with Crippen LogP contribution in [0.3, 0.4) is 0 Å². The number of esters is 1. The minimum atomic E-state index is -3.08. The van der Waals surface area contributed by atoms with Crippen molar-refractivity contribution < 1.29 is 113 Å². The van der Waals surface area contributed by atoms with Crippen LogP contribution in [0.4, 0.5) is 0 Å². The highest BCUT2D eigenvalue weighted by Crippen LogP contribution is 2.39. The second-order valence-corrected chi connectivity index (χ2v) is 16.2. The van der Waals surface area contributed by atoms with E-state index in [4.69, 9.17) is 33.2 Å². The third-order valence-electron chi connectivity index (χ3n) is 11.5. The second-order valence-electron chi connectivity index (χ2n) is 16.2. The lowest BCUT2D eigenvalue weighted by Crippen LogP contribution is -2.71. The molecule has 3 fully saturated rings. The quantitative estimate of drug-likeness (QED) is 0.0349. The molecule has 16 atom stereocenters. The maximum absolute atomic E-state index is 13.7. The molecule has 3 aliphatic rings. The van der Waals surface area contributed by atoms with Crippen LogP contribution in [0.25, 0.3) is 0 Å². The number of carboxylic acids is 1. The Balaban J connectivity index is 1.61. The summed E-state index contributed by atoms with van der Waals surface area (Å²) in [6, 6.07) is 0.302. The number of unbranched alkanes of at least 4 members (excludes halogenated alkanes) is 5. The van der Waals surface area contributed by atoms with Gasteiger partial charge in [0.1, 0.15) is 78.6 Å². The van der Waals surface area contributed by atoms with Crippen molar-refractivity contribution in [2.45, 2.75) is 156 Å². The van der Waals surface area contributed by atoms with Crippen molar-refractivity contribution in [3.05, 3.63) is 23.8 Å². The minimum absolute atomic E-state index is 0.0772. The first kappa shape index (κ1) is 54.7. The number of rotatable bonds is 24. The van der Waals surface area contributed by atoms with Gasteiger partial charge in [-0.2, -0.15) is 0 Å². The van der Waals surface area contributed by atoms with Gasteiger partial charge in [0.15, 0.2) is 12.6 Å². The number of methoxy groups -OCH3 is 2. The predicted octanol–water partition coefficient (Wildman–Crippen LogP) is -3.79. The average molecular weight is 953 g/mol. The lowest BCUT2D eigenvalue weighted by molar-refractivity contribution is -0.383. The van der Waals surface area contributed by atoms with E-state index < -0.39 is 147 Å². The number of carboxylic acid groups (broad SMARTS) is 1. The Labute approximate surface area is 379 Å². The summed E-state index contributed by atoms with van der Waals surface area (Å²) in [4.78, 5) is 50.0. The van der Waals surface area contributed by atoms with Crippen molar-refractivity contribution in [3.8, 4) is 11.5 Å². The molecule has 11 unspecified atom stereocenters. The van der Waals surface area contributed by atoms with Crippen LogP contribution < -0.4 is 10.6 Å². The number of amides is 2. The van der Waals surface area contributed by atoms with E-state index in [1.165, 1.54) is 14.2 Å². The van der Waals surface area contributed by atoms with Crippen molar-refractivity contribution in [2.75, 3.05) is 40.6 Å². The van der Waals surface area contributed by atoms with Crippen LogP contribution in [0, 0.1) is 0 Å². The van der Waals surface area contributed by atoms with Gasteiger partial charge in [-0.25, -0.2) is 4.79 Å². The van der Waals surface area contributed by atoms with Gasteiger partial charge in [0, 0.05) is 39.5 Å². The first-order chi connectivity index (χ1) is 31.4. The summed E-state index contributed by atoms with van der Waals surface area (Å²) in [5.41, 5.74) is -0.285. The fraction of sp³-hybridized carbons (Fsp3) is 0.756. The number of hydrogen-bond acceptors (Lipinski definition) is 22. The molecule has 376 valence electrons. The number of carbonyl (C=O) groups is 4. The van der Waals surface area contributed by atoms with Crippen molar-refractivity contribution in [1.82, 2.24) is 10.6 Å². The van der Waals surface area contributed by atoms with E-state index >= 15 is 0 Å². The molecule has 25 heteroatoms. The summed E-state index contributed by atoms with van der Waals surface area (Å²) < 4.78 is 45.9. The largest absolute Gasteiger partial charge is 0.508 e. The van der Waals surface area contributed by atoms with Gasteiger partial charge in [0.2, 0.25) is 5.91 Å². The van der Waals surface area contributed by atoms with E-state index in [0.717, 1.165) is 44.4 Å². The molecule has 3 saturated heterocycles. The highest BCUT2D eigenvalue weighted by molar-refractivity contribution is 5.97. The topological polar surface area (TPSA) is 389 Å². The van der Waals surface area contributed by atoms with Crippen LogP contribution in [0.1, 0.15) is 68.6 Å². The Bertz CT molecular complexity index is 1730. The Kier molecular flexibility index (Phi) is 21.1. The number of aliphatic hydroxyl groups is 8. The van der Waals surface area contributed by atoms with E-state index in [1.807, 2.05) is 0 Å². The smallest absolute Gasteiger partial charge is 0.364 e. The summed E-state index contributed by atoms with van der Waals surface area (Å²) >= 11 is 0. The van der Waals surface area contributed by atoms with E-state index in [-0.39, 0.29) is 23.9 Å². The highest BCUT2D eigenvalue weighted by atomic mass is 16.8. The Hall–Kier alpha value is -3.90. The molecule has 3 aliphatic heterocycles. The normalized spacial score (nSPS) is 33.3. The van der Waals surface area contributed by atoms with Gasteiger partial charge in [-0.05, 0) is 25.0 Å². The fourth-order valence-electron chi connectivity index (χ4n) is 8.04. The summed E-state index contributed by atoms with van der Waals surface area (Å²) in [5, 5.41) is 121. The molecule has 1 aromatic carbocycles. The number of carbonyl (C=O) groups excluding carboxylic acids is 3. The molecule has 1 aromatic rings. The molecule has 13 N–H and O–H groups in total. The SMILES string of the molecule is COC(=O)CCCCCCCCO[C@@H]1OC(CO)[C@H](OC2OC(CO)[C@@H](O)C(O[C@]3(C(=O)O)CC(O)[C@@H](NC(C)=O)C(C(O)C(O)CO)O3)C2O)C(OC)C1NC(=O)c1ccc(O)cc1O. The molecule has 0 bridgehead atoms. The number of nitrogens with one attached hydrogen (secondary N) is 2. The van der Waals surface area contributed by atoms with Crippen LogP contribution in [0.5, 0.6) is 11.5 Å². The molecule has 0 aliphatic carbocycles. The number of benzene rings is 1. The molecular weight excluding hydrogens is 888 g/mol. The van der Waals surface area contributed by atoms with Crippen LogP contribution in [0.15, 0.2) is 18.2 Å². The summed E-state index contributed by atoms with van der Waals surface area (Å²) in [6.07, 6.45) is -20.3. The first-order valence-electron chi connectivity index (χ1n) is 21.5. The molecule has 4 rings (SSSR count). The Morgan fingerprint density at radius 2 is 1.48 bits per heavy atom. The second kappa shape index (κ2) is 25.5. The Morgan fingerprint density at radius 3 is 2.08 bits per heavy atom. The summed E-state index contributed by atoms with van der Waals surface area (Å²) in [5.74, 6) is -7.94.